The number of hydrogen-bond donors (Lipinski definition) is 2. The zero-order chi connectivity index (χ0) is 17.0. The van der Waals surface area contributed by atoms with Crippen LogP contribution in [0.5, 0.6) is 0 Å². The molecule has 2 rings (SSSR count). The molecule has 8 heteroatoms. The molecule has 0 radical (unpaired) electrons. The maximum absolute atomic E-state index is 12.4. The van der Waals surface area contributed by atoms with Gasteiger partial charge in [0, 0.05) is 26.7 Å². The average Bonchev–Trinajstić information content (AvgIpc) is 3.00. The van der Waals surface area contributed by atoms with Crippen LogP contribution in [0.4, 0.5) is 5.82 Å². The van der Waals surface area contributed by atoms with Crippen molar-refractivity contribution in [2.24, 2.45) is 11.7 Å². The zero-order valence-corrected chi connectivity index (χ0v) is 14.2. The maximum atomic E-state index is 12.4. The summed E-state index contributed by atoms with van der Waals surface area (Å²) in [7, 11) is 3.63. The average molecular weight is 319 g/mol. The third kappa shape index (κ3) is 4.16. The van der Waals surface area contributed by atoms with Crippen LogP contribution < -0.4 is 10.6 Å². The summed E-state index contributed by atoms with van der Waals surface area (Å²) in [6, 6.07) is 0.106. The van der Waals surface area contributed by atoms with E-state index in [1.807, 2.05) is 7.05 Å². The quantitative estimate of drug-likeness (QED) is 0.775. The number of nitrogens with two attached hydrogens (primary N) is 1. The van der Waals surface area contributed by atoms with Crippen molar-refractivity contribution < 1.29 is 4.79 Å². The molecule has 0 saturated carbocycles. The highest BCUT2D eigenvalue weighted by Crippen LogP contribution is 2.18. The first kappa shape index (κ1) is 17.1. The number of aromatic nitrogens is 4. The SMILES string of the molecule is CC(C)C(N)CCN(C)C(=O)CN(C)c1ncnc2nc[nH]c12. The van der Waals surface area contributed by atoms with Crippen LogP contribution in [0.1, 0.15) is 20.3 Å². The number of amides is 1. The third-order valence-electron chi connectivity index (χ3n) is 4.02. The van der Waals surface area contributed by atoms with E-state index >= 15 is 0 Å². The summed E-state index contributed by atoms with van der Waals surface area (Å²) in [5, 5.41) is 0. The maximum Gasteiger partial charge on any atom is 0.241 e. The summed E-state index contributed by atoms with van der Waals surface area (Å²) in [6.07, 6.45) is 3.81. The Balaban J connectivity index is 1.95. The van der Waals surface area contributed by atoms with Crippen molar-refractivity contribution in [3.63, 3.8) is 0 Å². The van der Waals surface area contributed by atoms with Gasteiger partial charge in [-0.15, -0.1) is 0 Å². The lowest BCUT2D eigenvalue weighted by molar-refractivity contribution is -0.128. The van der Waals surface area contributed by atoms with Crippen LogP contribution in [0.3, 0.4) is 0 Å². The first-order valence-electron chi connectivity index (χ1n) is 7.75. The van der Waals surface area contributed by atoms with Gasteiger partial charge in [-0.3, -0.25) is 4.79 Å². The highest BCUT2D eigenvalue weighted by molar-refractivity contribution is 5.86. The van der Waals surface area contributed by atoms with Crippen molar-refractivity contribution in [2.45, 2.75) is 26.3 Å². The lowest BCUT2D eigenvalue weighted by Crippen LogP contribution is -2.39. The summed E-state index contributed by atoms with van der Waals surface area (Å²) in [4.78, 5) is 31.3. The third-order valence-corrected chi connectivity index (χ3v) is 4.02. The van der Waals surface area contributed by atoms with E-state index in [2.05, 4.69) is 33.8 Å². The van der Waals surface area contributed by atoms with Crippen LogP contribution in [0.15, 0.2) is 12.7 Å². The van der Waals surface area contributed by atoms with Crippen LogP contribution in [0.2, 0.25) is 0 Å². The predicted octanol–water partition coefficient (Wildman–Crippen LogP) is 0.621. The molecule has 2 heterocycles. The van der Waals surface area contributed by atoms with E-state index in [0.29, 0.717) is 23.9 Å². The molecule has 1 amide bonds. The number of H-pyrrole nitrogens is 1. The molecule has 0 fully saturated rings. The van der Waals surface area contributed by atoms with Crippen molar-refractivity contribution in [1.82, 2.24) is 24.8 Å². The molecule has 1 atom stereocenters. The molecule has 0 aliphatic rings. The van der Waals surface area contributed by atoms with Gasteiger partial charge in [0.2, 0.25) is 5.91 Å². The number of hydrogen-bond acceptors (Lipinski definition) is 6. The molecule has 2 aromatic rings. The summed E-state index contributed by atoms with van der Waals surface area (Å²) >= 11 is 0. The van der Waals surface area contributed by atoms with E-state index in [-0.39, 0.29) is 18.5 Å². The fourth-order valence-electron chi connectivity index (χ4n) is 2.24. The molecule has 126 valence electrons. The molecule has 0 aliphatic carbocycles. The molecule has 1 unspecified atom stereocenters. The monoisotopic (exact) mass is 319 g/mol. The van der Waals surface area contributed by atoms with Crippen molar-refractivity contribution >= 4 is 22.9 Å². The van der Waals surface area contributed by atoms with Gasteiger partial charge in [0.1, 0.15) is 11.8 Å². The number of likely N-dealkylation sites (N-methyl/N-ethyl adjacent to an activating group) is 2. The van der Waals surface area contributed by atoms with Crippen LogP contribution >= 0.6 is 0 Å². The Bertz CT molecular complexity index is 654. The van der Waals surface area contributed by atoms with Crippen molar-refractivity contribution in [3.05, 3.63) is 12.7 Å². The van der Waals surface area contributed by atoms with E-state index in [4.69, 9.17) is 5.73 Å². The Morgan fingerprint density at radius 3 is 2.74 bits per heavy atom. The number of nitrogens with one attached hydrogen (secondary N) is 1. The van der Waals surface area contributed by atoms with Gasteiger partial charge >= 0.3 is 0 Å². The number of carbonyl (C=O) groups excluding carboxylic acids is 1. The second-order valence-corrected chi connectivity index (χ2v) is 6.17. The lowest BCUT2D eigenvalue weighted by atomic mass is 10.0. The summed E-state index contributed by atoms with van der Waals surface area (Å²) in [6.45, 7) is 5.06. The van der Waals surface area contributed by atoms with Gasteiger partial charge in [-0.05, 0) is 12.3 Å². The van der Waals surface area contributed by atoms with Crippen LogP contribution in [-0.4, -0.2) is 64.0 Å². The normalized spacial score (nSPS) is 12.6. The molecule has 0 saturated heterocycles. The van der Waals surface area contributed by atoms with Crippen molar-refractivity contribution in [3.8, 4) is 0 Å². The highest BCUT2D eigenvalue weighted by atomic mass is 16.2. The highest BCUT2D eigenvalue weighted by Gasteiger charge is 2.17. The first-order chi connectivity index (χ1) is 10.9. The van der Waals surface area contributed by atoms with E-state index in [0.717, 1.165) is 11.9 Å². The Morgan fingerprint density at radius 2 is 2.04 bits per heavy atom. The van der Waals surface area contributed by atoms with Gasteiger partial charge in [-0.25, -0.2) is 15.0 Å². The van der Waals surface area contributed by atoms with Crippen LogP contribution in [0, 0.1) is 5.92 Å². The number of fused-ring (bicyclic) bond motifs is 1. The Labute approximate surface area is 136 Å². The fraction of sp³-hybridized carbons (Fsp3) is 0.600. The summed E-state index contributed by atoms with van der Waals surface area (Å²) < 4.78 is 0. The minimum Gasteiger partial charge on any atom is -0.348 e. The Hall–Kier alpha value is -2.22. The molecular weight excluding hydrogens is 294 g/mol. The standard InChI is InChI=1S/C15H25N7O/c1-10(2)11(16)5-6-21(3)12(23)7-22(4)15-13-14(18-8-17-13)19-9-20-15/h8-11H,5-7,16H2,1-4H3,(H,17,18,19,20). The van der Waals surface area contributed by atoms with Crippen molar-refractivity contribution in [1.29, 1.82) is 0 Å². The number of aromatic amines is 1. The van der Waals surface area contributed by atoms with Gasteiger partial charge in [0.15, 0.2) is 11.5 Å². The van der Waals surface area contributed by atoms with Gasteiger partial charge in [-0.1, -0.05) is 13.8 Å². The summed E-state index contributed by atoms with van der Waals surface area (Å²) in [5.41, 5.74) is 7.35. The van der Waals surface area contributed by atoms with Crippen molar-refractivity contribution in [2.75, 3.05) is 32.1 Å². The molecule has 0 bridgehead atoms. The van der Waals surface area contributed by atoms with E-state index in [1.165, 1.54) is 6.33 Å². The zero-order valence-electron chi connectivity index (χ0n) is 14.2. The lowest BCUT2D eigenvalue weighted by Gasteiger charge is -2.24. The summed E-state index contributed by atoms with van der Waals surface area (Å²) in [5.74, 6) is 1.10. The van der Waals surface area contributed by atoms with Gasteiger partial charge in [0.05, 0.1) is 12.9 Å². The molecule has 23 heavy (non-hydrogen) atoms. The molecule has 0 spiro atoms. The van der Waals surface area contributed by atoms with Crippen LogP contribution in [-0.2, 0) is 4.79 Å². The van der Waals surface area contributed by atoms with E-state index in [1.54, 1.807) is 23.2 Å². The Morgan fingerprint density at radius 1 is 1.30 bits per heavy atom. The number of imidazole rings is 1. The fourth-order valence-corrected chi connectivity index (χ4v) is 2.24. The van der Waals surface area contributed by atoms with E-state index in [9.17, 15) is 4.79 Å². The second-order valence-electron chi connectivity index (χ2n) is 6.17. The molecule has 0 aromatic carbocycles. The minimum absolute atomic E-state index is 0.0229. The number of nitrogens with zero attached hydrogens (tertiary/aromatic N) is 5. The number of anilines is 1. The Kier molecular flexibility index (Phi) is 5.49. The molecular formula is C15H25N7O. The minimum atomic E-state index is 0.0229. The molecule has 2 aromatic heterocycles. The first-order valence-corrected chi connectivity index (χ1v) is 7.75. The molecule has 0 aliphatic heterocycles. The van der Waals surface area contributed by atoms with E-state index < -0.39 is 0 Å². The molecule has 8 nitrogen and oxygen atoms in total. The van der Waals surface area contributed by atoms with Gasteiger partial charge in [-0.2, -0.15) is 0 Å². The topological polar surface area (TPSA) is 104 Å². The van der Waals surface area contributed by atoms with Gasteiger partial charge in [0.25, 0.3) is 0 Å². The number of rotatable bonds is 7. The number of carbonyl (C=O) groups is 1. The predicted molar refractivity (Wildman–Crippen MR) is 90.0 cm³/mol. The largest absolute Gasteiger partial charge is 0.348 e. The molecule has 3 N–H and O–H groups in total. The second kappa shape index (κ2) is 7.36. The van der Waals surface area contributed by atoms with Gasteiger partial charge < -0.3 is 20.5 Å². The smallest absolute Gasteiger partial charge is 0.241 e. The van der Waals surface area contributed by atoms with Crippen LogP contribution in [0.25, 0.3) is 11.2 Å².